The van der Waals surface area contributed by atoms with Gasteiger partial charge in [0.25, 0.3) is 0 Å². The Hall–Kier alpha value is -0.630. The predicted octanol–water partition coefficient (Wildman–Crippen LogP) is 4.90. The van der Waals surface area contributed by atoms with Gasteiger partial charge in [-0.15, -0.1) is 0 Å². The Morgan fingerprint density at radius 2 is 1.81 bits per heavy atom. The zero-order chi connectivity index (χ0) is 18.8. The van der Waals surface area contributed by atoms with Crippen LogP contribution >= 0.6 is 0 Å². The lowest BCUT2D eigenvalue weighted by atomic mass is 9.45. The van der Waals surface area contributed by atoms with Gasteiger partial charge >= 0.3 is 0 Å². The molecule has 27 heavy (non-hydrogen) atoms. The van der Waals surface area contributed by atoms with E-state index in [1.165, 1.54) is 31.6 Å². The fourth-order valence-corrected chi connectivity index (χ4v) is 7.72. The Morgan fingerprint density at radius 3 is 2.59 bits per heavy atom. The molecule has 0 saturated heterocycles. The summed E-state index contributed by atoms with van der Waals surface area (Å²) in [6.07, 6.45) is 19.3. The van der Waals surface area contributed by atoms with Gasteiger partial charge in [-0.25, -0.2) is 0 Å². The standard InChI is InChI=1S/C25H33O2/c1-24-11-9-19(26)15-18(24)7-8-20-21(24)10-12-25(2)22(20)14-17(23(25)27)13-16-5-3-4-6-16/h3-6,13,18-22,26H,7-12,14-15H2,1-2H3/b17-13+/t18-,19+,20+,21-,22-,24-,25-/m0/s1. The van der Waals surface area contributed by atoms with Gasteiger partial charge in [0.1, 0.15) is 0 Å². The van der Waals surface area contributed by atoms with Crippen molar-refractivity contribution in [1.29, 1.82) is 0 Å². The Morgan fingerprint density at radius 1 is 1.04 bits per heavy atom. The van der Waals surface area contributed by atoms with E-state index in [4.69, 9.17) is 0 Å². The summed E-state index contributed by atoms with van der Waals surface area (Å²) >= 11 is 0. The average Bonchev–Trinajstić information content (AvgIpc) is 3.24. The molecule has 2 heteroatoms. The van der Waals surface area contributed by atoms with E-state index in [9.17, 15) is 9.90 Å². The molecule has 5 radical (unpaired) electrons. The minimum absolute atomic E-state index is 0.0828. The van der Waals surface area contributed by atoms with Crippen molar-refractivity contribution in [3.05, 3.63) is 43.3 Å². The smallest absolute Gasteiger partial charge is 0.164 e. The van der Waals surface area contributed by atoms with Crippen LogP contribution in [0.25, 0.3) is 0 Å². The normalized spacial score (nSPS) is 51.9. The number of aliphatic hydroxyl groups excluding tert-OH is 1. The number of hydrogen-bond acceptors (Lipinski definition) is 2. The Balaban J connectivity index is 1.42. The van der Waals surface area contributed by atoms with Gasteiger partial charge in [0.15, 0.2) is 5.78 Å². The quantitative estimate of drug-likeness (QED) is 0.671. The summed E-state index contributed by atoms with van der Waals surface area (Å²) in [5, 5.41) is 10.2. The van der Waals surface area contributed by atoms with Gasteiger partial charge in [-0.2, -0.15) is 0 Å². The molecule has 1 N–H and O–H groups in total. The molecular formula is C25H33O2. The third-order valence-corrected chi connectivity index (χ3v) is 9.31. The second kappa shape index (κ2) is 6.44. The highest BCUT2D eigenvalue weighted by molar-refractivity contribution is 6.03. The topological polar surface area (TPSA) is 37.3 Å². The molecule has 0 aliphatic heterocycles. The van der Waals surface area contributed by atoms with Gasteiger partial charge in [-0.05, 0) is 112 Å². The first-order valence-corrected chi connectivity index (χ1v) is 11.1. The molecule has 0 aromatic carbocycles. The highest BCUT2D eigenvalue weighted by atomic mass is 16.3. The largest absolute Gasteiger partial charge is 0.393 e. The Kier molecular flexibility index (Phi) is 4.39. The first-order valence-electron chi connectivity index (χ1n) is 11.1. The van der Waals surface area contributed by atoms with Crippen molar-refractivity contribution in [3.8, 4) is 0 Å². The maximum Gasteiger partial charge on any atom is 0.164 e. The summed E-state index contributed by atoms with van der Waals surface area (Å²) in [4.78, 5) is 13.4. The lowest BCUT2D eigenvalue weighted by molar-refractivity contribution is -0.141. The van der Waals surface area contributed by atoms with E-state index in [0.717, 1.165) is 37.2 Å². The summed E-state index contributed by atoms with van der Waals surface area (Å²) in [5.74, 6) is 4.24. The van der Waals surface area contributed by atoms with Crippen LogP contribution in [0.1, 0.15) is 65.2 Å². The molecule has 5 aliphatic rings. The number of rotatable bonds is 1. The highest BCUT2D eigenvalue weighted by Crippen LogP contribution is 2.66. The van der Waals surface area contributed by atoms with Crippen molar-refractivity contribution in [2.75, 3.05) is 0 Å². The van der Waals surface area contributed by atoms with Gasteiger partial charge in [0.05, 0.1) is 6.10 Å². The van der Waals surface area contributed by atoms with Gasteiger partial charge in [0.2, 0.25) is 0 Å². The number of fused-ring (bicyclic) bond motifs is 5. The lowest BCUT2D eigenvalue weighted by Gasteiger charge is -2.59. The molecule has 0 unspecified atom stereocenters. The van der Waals surface area contributed by atoms with Gasteiger partial charge in [-0.1, -0.05) is 19.9 Å². The van der Waals surface area contributed by atoms with Crippen LogP contribution in [0.4, 0.5) is 0 Å². The SMILES string of the molecule is C[C@]12CC[C@@H](O)C[C@@H]1CC[C@@H]1[C@@H]2CC[C@]2(C)C(=O)/C(=C/[C]3[CH][CH][CH][CH]3)C[C@@H]12. The minimum atomic E-state index is -0.142. The molecule has 2 nitrogen and oxygen atoms in total. The maximum atomic E-state index is 13.4. The van der Waals surface area contributed by atoms with Crippen LogP contribution in [0.2, 0.25) is 0 Å². The second-order valence-corrected chi connectivity index (χ2v) is 10.5. The molecule has 145 valence electrons. The third-order valence-electron chi connectivity index (χ3n) is 9.31. The molecule has 0 spiro atoms. The van der Waals surface area contributed by atoms with Crippen molar-refractivity contribution in [2.24, 2.45) is 34.5 Å². The van der Waals surface area contributed by atoms with E-state index >= 15 is 0 Å². The number of allylic oxidation sites excluding steroid dienone is 2. The number of ketones is 1. The first-order chi connectivity index (χ1) is 12.9. The summed E-state index contributed by atoms with van der Waals surface area (Å²) in [6, 6.07) is 0. The molecule has 0 aromatic heterocycles. The molecule has 0 amide bonds. The van der Waals surface area contributed by atoms with E-state index in [1.807, 2.05) is 0 Å². The highest BCUT2D eigenvalue weighted by Gasteiger charge is 2.61. The predicted molar refractivity (Wildman–Crippen MR) is 107 cm³/mol. The summed E-state index contributed by atoms with van der Waals surface area (Å²) < 4.78 is 0. The molecule has 5 aliphatic carbocycles. The van der Waals surface area contributed by atoms with Crippen LogP contribution in [0.5, 0.6) is 0 Å². The zero-order valence-corrected chi connectivity index (χ0v) is 16.8. The number of hydrogen-bond donors (Lipinski definition) is 1. The third kappa shape index (κ3) is 2.72. The lowest BCUT2D eigenvalue weighted by Crippen LogP contribution is -2.54. The summed E-state index contributed by atoms with van der Waals surface area (Å²) in [7, 11) is 0. The molecule has 0 bridgehead atoms. The van der Waals surface area contributed by atoms with E-state index in [2.05, 4.69) is 45.6 Å². The minimum Gasteiger partial charge on any atom is -0.393 e. The van der Waals surface area contributed by atoms with Crippen LogP contribution in [0.3, 0.4) is 0 Å². The Labute approximate surface area is 165 Å². The molecule has 5 fully saturated rings. The molecular weight excluding hydrogens is 332 g/mol. The van der Waals surface area contributed by atoms with Crippen molar-refractivity contribution < 1.29 is 9.90 Å². The number of carbonyl (C=O) groups is 1. The molecule has 0 heterocycles. The van der Waals surface area contributed by atoms with Gasteiger partial charge in [-0.3, -0.25) is 4.79 Å². The monoisotopic (exact) mass is 365 g/mol. The van der Waals surface area contributed by atoms with Crippen LogP contribution < -0.4 is 0 Å². The van der Waals surface area contributed by atoms with E-state index in [1.54, 1.807) is 0 Å². The van der Waals surface area contributed by atoms with Crippen molar-refractivity contribution >= 4 is 5.78 Å². The van der Waals surface area contributed by atoms with Crippen LogP contribution in [0, 0.1) is 66.1 Å². The maximum absolute atomic E-state index is 13.4. The average molecular weight is 366 g/mol. The van der Waals surface area contributed by atoms with E-state index in [0.29, 0.717) is 29.0 Å². The summed E-state index contributed by atoms with van der Waals surface area (Å²) in [5.41, 5.74) is 1.31. The number of aliphatic hydroxyl groups is 1. The second-order valence-electron chi connectivity index (χ2n) is 10.5. The fourth-order valence-electron chi connectivity index (χ4n) is 7.72. The fraction of sp³-hybridized carbons (Fsp3) is 0.680. The van der Waals surface area contributed by atoms with E-state index in [-0.39, 0.29) is 11.5 Å². The zero-order valence-electron chi connectivity index (χ0n) is 16.8. The number of carbonyl (C=O) groups excluding carboxylic acids is 1. The molecule has 5 rings (SSSR count). The van der Waals surface area contributed by atoms with Crippen molar-refractivity contribution in [1.82, 2.24) is 0 Å². The van der Waals surface area contributed by atoms with Gasteiger partial charge < -0.3 is 5.11 Å². The van der Waals surface area contributed by atoms with E-state index < -0.39 is 0 Å². The van der Waals surface area contributed by atoms with Crippen molar-refractivity contribution in [2.45, 2.75) is 71.3 Å². The van der Waals surface area contributed by atoms with Gasteiger partial charge in [0, 0.05) is 11.3 Å². The van der Waals surface area contributed by atoms with Crippen LogP contribution in [-0.4, -0.2) is 17.0 Å². The molecule has 0 aromatic rings. The Bertz CT molecular complexity index is 645. The first kappa shape index (κ1) is 18.4. The molecule has 5 saturated carbocycles. The summed E-state index contributed by atoms with van der Waals surface area (Å²) in [6.45, 7) is 4.78. The van der Waals surface area contributed by atoms with Crippen LogP contribution in [0.15, 0.2) is 11.6 Å². The molecule has 7 atom stereocenters. The number of Topliss-reactive ketones (excluding diaryl/α,β-unsaturated/α-hetero) is 1. The van der Waals surface area contributed by atoms with Crippen LogP contribution in [-0.2, 0) is 4.79 Å². The van der Waals surface area contributed by atoms with Crippen molar-refractivity contribution in [3.63, 3.8) is 0 Å².